The number of aliphatic hydroxyl groups is 2. The molecule has 4 rings (SSSR count). The lowest BCUT2D eigenvalue weighted by molar-refractivity contribution is -0.123. The van der Waals surface area contributed by atoms with E-state index in [9.17, 15) is 23.8 Å². The molecule has 0 unspecified atom stereocenters. The summed E-state index contributed by atoms with van der Waals surface area (Å²) in [4.78, 5) is 12.8. The number of fused-ring (bicyclic) bond motifs is 2. The van der Waals surface area contributed by atoms with Crippen molar-refractivity contribution in [1.29, 1.82) is 0 Å². The number of nitrogens with zero attached hydrogens (tertiary/aromatic N) is 1. The van der Waals surface area contributed by atoms with Crippen molar-refractivity contribution < 1.29 is 33.3 Å². The maximum atomic E-state index is 13.3. The molecule has 2 aromatic rings. The summed E-state index contributed by atoms with van der Waals surface area (Å²) in [5.74, 6) is 0.389. The Bertz CT molecular complexity index is 869. The standard InChI is InChI=1S/C23H25F2NO5/c24-16-3-7-20-14(9-16)1-5-22(30-20)18(28)11-26(13-27)12-19(29)23-6-2-15-10-17(25)4-8-21(15)31-23/h3-4,7-10,13,18-19,22-23,28-29H,1-2,5-6,11-12H2/t18-,19-,22-,23+/m1/s1. The second-order valence-corrected chi connectivity index (χ2v) is 8.09. The molecule has 2 aliphatic rings. The van der Waals surface area contributed by atoms with Crippen molar-refractivity contribution >= 4 is 6.41 Å². The zero-order chi connectivity index (χ0) is 22.0. The van der Waals surface area contributed by atoms with Gasteiger partial charge in [-0.2, -0.15) is 0 Å². The smallest absolute Gasteiger partial charge is 0.209 e. The molecular formula is C23H25F2NO5. The molecular weight excluding hydrogens is 408 g/mol. The van der Waals surface area contributed by atoms with E-state index >= 15 is 0 Å². The molecule has 2 heterocycles. The summed E-state index contributed by atoms with van der Waals surface area (Å²) in [6.07, 6.45) is -0.320. The minimum atomic E-state index is -0.966. The number of hydrogen-bond donors (Lipinski definition) is 2. The maximum absolute atomic E-state index is 13.3. The fourth-order valence-corrected chi connectivity index (χ4v) is 4.17. The fraction of sp³-hybridized carbons (Fsp3) is 0.435. The van der Waals surface area contributed by atoms with Crippen LogP contribution in [0.2, 0.25) is 0 Å². The second-order valence-electron chi connectivity index (χ2n) is 8.09. The second kappa shape index (κ2) is 9.20. The Morgan fingerprint density at radius 3 is 1.77 bits per heavy atom. The molecule has 2 aliphatic heterocycles. The average Bonchev–Trinajstić information content (AvgIpc) is 2.77. The van der Waals surface area contributed by atoms with Gasteiger partial charge in [0.1, 0.15) is 47.5 Å². The molecule has 0 radical (unpaired) electrons. The van der Waals surface area contributed by atoms with Crippen molar-refractivity contribution in [3.63, 3.8) is 0 Å². The van der Waals surface area contributed by atoms with Gasteiger partial charge in [-0.15, -0.1) is 0 Å². The van der Waals surface area contributed by atoms with E-state index in [1.807, 2.05) is 0 Å². The van der Waals surface area contributed by atoms with E-state index in [-0.39, 0.29) is 24.7 Å². The highest BCUT2D eigenvalue weighted by molar-refractivity contribution is 5.47. The van der Waals surface area contributed by atoms with Gasteiger partial charge in [0.05, 0.1) is 13.1 Å². The van der Waals surface area contributed by atoms with E-state index in [4.69, 9.17) is 9.47 Å². The summed E-state index contributed by atoms with van der Waals surface area (Å²) in [6.45, 7) is -0.0352. The van der Waals surface area contributed by atoms with Gasteiger partial charge in [0, 0.05) is 0 Å². The minimum absolute atomic E-state index is 0.0176. The predicted molar refractivity (Wildman–Crippen MR) is 108 cm³/mol. The molecule has 0 aromatic heterocycles. The van der Waals surface area contributed by atoms with Crippen LogP contribution in [0.15, 0.2) is 36.4 Å². The van der Waals surface area contributed by atoms with Gasteiger partial charge >= 0.3 is 0 Å². The Balaban J connectivity index is 1.32. The number of ether oxygens (including phenoxy) is 2. The molecule has 0 spiro atoms. The van der Waals surface area contributed by atoms with Crippen LogP contribution in [0, 0.1) is 11.6 Å². The SMILES string of the molecule is O=CN(C[C@@H](O)[C@@H]1CCc2cc(F)ccc2O1)C[C@@H](O)[C@H]1CCc2cc(F)ccc2O1. The molecule has 31 heavy (non-hydrogen) atoms. The van der Waals surface area contributed by atoms with Crippen molar-refractivity contribution in [3.05, 3.63) is 59.2 Å². The number of carbonyl (C=O) groups is 1. The number of benzene rings is 2. The van der Waals surface area contributed by atoms with Gasteiger partial charge < -0.3 is 24.6 Å². The lowest BCUT2D eigenvalue weighted by atomic mass is 9.97. The third-order valence-corrected chi connectivity index (χ3v) is 5.85. The number of aliphatic hydroxyl groups excluding tert-OH is 2. The van der Waals surface area contributed by atoms with E-state index in [1.165, 1.54) is 41.3 Å². The van der Waals surface area contributed by atoms with Crippen LogP contribution in [0.5, 0.6) is 11.5 Å². The molecule has 6 nitrogen and oxygen atoms in total. The van der Waals surface area contributed by atoms with E-state index < -0.39 is 24.4 Å². The van der Waals surface area contributed by atoms with E-state index in [0.717, 1.165) is 11.1 Å². The largest absolute Gasteiger partial charge is 0.487 e. The number of hydrogen-bond acceptors (Lipinski definition) is 5. The van der Waals surface area contributed by atoms with Gasteiger partial charge in [0.25, 0.3) is 0 Å². The number of carbonyl (C=O) groups excluding carboxylic acids is 1. The lowest BCUT2D eigenvalue weighted by Gasteiger charge is -2.34. The molecule has 0 bridgehead atoms. The number of halogens is 2. The number of aryl methyl sites for hydroxylation is 2. The maximum Gasteiger partial charge on any atom is 0.209 e. The Labute approximate surface area is 179 Å². The minimum Gasteiger partial charge on any atom is -0.487 e. The molecule has 0 saturated heterocycles. The summed E-state index contributed by atoms with van der Waals surface area (Å²) >= 11 is 0. The number of amides is 1. The first-order valence-corrected chi connectivity index (χ1v) is 10.4. The van der Waals surface area contributed by atoms with Crippen molar-refractivity contribution in [3.8, 4) is 11.5 Å². The summed E-state index contributed by atoms with van der Waals surface area (Å²) in [6, 6.07) is 8.52. The van der Waals surface area contributed by atoms with Gasteiger partial charge in [0.15, 0.2) is 0 Å². The van der Waals surface area contributed by atoms with Gasteiger partial charge in [-0.05, 0) is 73.2 Å². The third kappa shape index (κ3) is 4.97. The van der Waals surface area contributed by atoms with E-state index in [0.29, 0.717) is 43.6 Å². The zero-order valence-electron chi connectivity index (χ0n) is 16.9. The molecule has 4 atom stereocenters. The Morgan fingerprint density at radius 2 is 1.35 bits per heavy atom. The average molecular weight is 433 g/mol. The number of rotatable bonds is 7. The van der Waals surface area contributed by atoms with Crippen molar-refractivity contribution in [2.24, 2.45) is 0 Å². The van der Waals surface area contributed by atoms with Crippen molar-refractivity contribution in [2.45, 2.75) is 50.1 Å². The molecule has 2 N–H and O–H groups in total. The molecule has 1 amide bonds. The van der Waals surface area contributed by atoms with Gasteiger partial charge in [-0.1, -0.05) is 0 Å². The van der Waals surface area contributed by atoms with Crippen LogP contribution in [0.25, 0.3) is 0 Å². The van der Waals surface area contributed by atoms with Gasteiger partial charge in [0.2, 0.25) is 6.41 Å². The van der Waals surface area contributed by atoms with Gasteiger partial charge in [-0.25, -0.2) is 8.78 Å². The quantitative estimate of drug-likeness (QED) is 0.655. The molecule has 0 fully saturated rings. The molecule has 166 valence electrons. The third-order valence-electron chi connectivity index (χ3n) is 5.85. The topological polar surface area (TPSA) is 79.2 Å². The van der Waals surface area contributed by atoms with Crippen LogP contribution in [-0.4, -0.2) is 59.0 Å². The van der Waals surface area contributed by atoms with Crippen molar-refractivity contribution in [2.75, 3.05) is 13.1 Å². The van der Waals surface area contributed by atoms with Crippen LogP contribution in [0.3, 0.4) is 0 Å². The Kier molecular flexibility index (Phi) is 6.38. The fourth-order valence-electron chi connectivity index (χ4n) is 4.17. The van der Waals surface area contributed by atoms with E-state index in [2.05, 4.69) is 0 Å². The first-order chi connectivity index (χ1) is 14.9. The van der Waals surface area contributed by atoms with Gasteiger partial charge in [-0.3, -0.25) is 4.79 Å². The van der Waals surface area contributed by atoms with E-state index in [1.54, 1.807) is 0 Å². The molecule has 8 heteroatoms. The molecule has 0 aliphatic carbocycles. The van der Waals surface area contributed by atoms with Crippen LogP contribution >= 0.6 is 0 Å². The van der Waals surface area contributed by atoms with Crippen LogP contribution < -0.4 is 9.47 Å². The summed E-state index contributed by atoms with van der Waals surface area (Å²) < 4.78 is 38.3. The van der Waals surface area contributed by atoms with Crippen LogP contribution in [0.1, 0.15) is 24.0 Å². The van der Waals surface area contributed by atoms with Crippen LogP contribution in [0.4, 0.5) is 8.78 Å². The molecule has 0 saturated carbocycles. The zero-order valence-corrected chi connectivity index (χ0v) is 16.9. The Hall–Kier alpha value is -2.71. The van der Waals surface area contributed by atoms with Crippen LogP contribution in [-0.2, 0) is 17.6 Å². The Morgan fingerprint density at radius 1 is 0.903 bits per heavy atom. The highest BCUT2D eigenvalue weighted by Crippen LogP contribution is 2.31. The first kappa shape index (κ1) is 21.5. The molecule has 2 aromatic carbocycles. The van der Waals surface area contributed by atoms with Crippen molar-refractivity contribution in [1.82, 2.24) is 4.90 Å². The normalized spacial score (nSPS) is 21.7. The highest BCUT2D eigenvalue weighted by Gasteiger charge is 2.31. The highest BCUT2D eigenvalue weighted by atomic mass is 19.1. The predicted octanol–water partition coefficient (Wildman–Crippen LogP) is 2.23. The summed E-state index contributed by atoms with van der Waals surface area (Å²) in [7, 11) is 0. The first-order valence-electron chi connectivity index (χ1n) is 10.4. The summed E-state index contributed by atoms with van der Waals surface area (Å²) in [5, 5.41) is 21.2. The lowest BCUT2D eigenvalue weighted by Crippen LogP contribution is -2.48. The summed E-state index contributed by atoms with van der Waals surface area (Å²) in [5.41, 5.74) is 1.50. The monoisotopic (exact) mass is 433 g/mol.